The Morgan fingerprint density at radius 2 is 1.58 bits per heavy atom. The van der Waals surface area contributed by atoms with Crippen LogP contribution in [0.1, 0.15) is 91.4 Å². The van der Waals surface area contributed by atoms with Gasteiger partial charge < -0.3 is 9.84 Å². The molecule has 1 saturated carbocycles. The third-order valence-corrected chi connectivity index (χ3v) is 5.47. The van der Waals surface area contributed by atoms with Crippen LogP contribution < -0.4 is 0 Å². The van der Waals surface area contributed by atoms with Gasteiger partial charge in [-0.2, -0.15) is 0 Å². The van der Waals surface area contributed by atoms with E-state index in [2.05, 4.69) is 20.8 Å². The molecule has 4 nitrogen and oxygen atoms in total. The molecule has 0 aromatic heterocycles. The highest BCUT2D eigenvalue weighted by atomic mass is 16.5. The van der Waals surface area contributed by atoms with Gasteiger partial charge in [-0.15, -0.1) is 0 Å². The lowest BCUT2D eigenvalue weighted by atomic mass is 9.79. The van der Waals surface area contributed by atoms with Gasteiger partial charge in [-0.3, -0.25) is 9.59 Å². The maximum Gasteiger partial charge on any atom is 0.310 e. The fraction of sp³-hybridized carbons (Fsp3) is 0.900. The first-order chi connectivity index (χ1) is 11.5. The number of aliphatic carboxylic acids is 1. The number of carbonyl (C=O) groups excluding carboxylic acids is 1. The summed E-state index contributed by atoms with van der Waals surface area (Å²) in [4.78, 5) is 24.1. The minimum atomic E-state index is -0.847. The van der Waals surface area contributed by atoms with E-state index in [-0.39, 0.29) is 12.1 Å². The Kier molecular flexibility index (Phi) is 10.0. The fourth-order valence-electron chi connectivity index (χ4n) is 3.86. The quantitative estimate of drug-likeness (QED) is 0.525. The number of carboxylic acids is 1. The molecule has 0 aromatic rings. The summed E-state index contributed by atoms with van der Waals surface area (Å²) in [5.41, 5.74) is 0. The van der Waals surface area contributed by atoms with Crippen molar-refractivity contribution in [2.24, 2.45) is 17.8 Å². The molecule has 1 rings (SSSR count). The molecule has 4 unspecified atom stereocenters. The molecule has 0 bridgehead atoms. The predicted molar refractivity (Wildman–Crippen MR) is 95.8 cm³/mol. The first-order valence-corrected chi connectivity index (χ1v) is 9.98. The maximum atomic E-state index is 12.7. The molecular weight excluding hydrogens is 304 g/mol. The van der Waals surface area contributed by atoms with Crippen LogP contribution in [0.4, 0.5) is 0 Å². The zero-order valence-electron chi connectivity index (χ0n) is 15.8. The molecule has 0 spiro atoms. The van der Waals surface area contributed by atoms with E-state index in [9.17, 15) is 14.7 Å². The Bertz CT molecular complexity index is 380. The van der Waals surface area contributed by atoms with Crippen molar-refractivity contribution < 1.29 is 19.4 Å². The molecule has 140 valence electrons. The van der Waals surface area contributed by atoms with Crippen molar-refractivity contribution in [2.75, 3.05) is 0 Å². The Balaban J connectivity index is 2.75. The van der Waals surface area contributed by atoms with Crippen LogP contribution in [0.25, 0.3) is 0 Å². The third-order valence-electron chi connectivity index (χ3n) is 5.47. The molecule has 0 radical (unpaired) electrons. The van der Waals surface area contributed by atoms with Gasteiger partial charge in [0.2, 0.25) is 0 Å². The number of hydrogen-bond donors (Lipinski definition) is 1. The number of rotatable bonds is 11. The lowest BCUT2D eigenvalue weighted by Gasteiger charge is -2.31. The van der Waals surface area contributed by atoms with Crippen molar-refractivity contribution in [3.8, 4) is 0 Å². The monoisotopic (exact) mass is 340 g/mol. The van der Waals surface area contributed by atoms with Crippen molar-refractivity contribution in [3.63, 3.8) is 0 Å². The van der Waals surface area contributed by atoms with E-state index in [1.807, 2.05) is 0 Å². The highest BCUT2D eigenvalue weighted by Gasteiger charge is 2.38. The van der Waals surface area contributed by atoms with Crippen LogP contribution in [0.2, 0.25) is 0 Å². The summed E-state index contributed by atoms with van der Waals surface area (Å²) in [6.45, 7) is 6.49. The number of hydrogen-bond acceptors (Lipinski definition) is 3. The van der Waals surface area contributed by atoms with Gasteiger partial charge in [0.25, 0.3) is 0 Å². The summed E-state index contributed by atoms with van der Waals surface area (Å²) in [7, 11) is 0. The number of esters is 1. The molecule has 0 aromatic carbocycles. The number of carboxylic acid groups (broad SMARTS) is 1. The minimum absolute atomic E-state index is 0.0506. The van der Waals surface area contributed by atoms with Crippen LogP contribution >= 0.6 is 0 Å². The summed E-state index contributed by atoms with van der Waals surface area (Å²) in [5.74, 6) is -1.73. The van der Waals surface area contributed by atoms with Crippen LogP contribution in [0.5, 0.6) is 0 Å². The van der Waals surface area contributed by atoms with Gasteiger partial charge in [0.15, 0.2) is 0 Å². The normalized spacial score (nSPS) is 23.5. The average Bonchev–Trinajstić information content (AvgIpc) is 2.59. The minimum Gasteiger partial charge on any atom is -0.481 e. The van der Waals surface area contributed by atoms with Gasteiger partial charge in [-0.25, -0.2) is 0 Å². The maximum absolute atomic E-state index is 12.7. The highest BCUT2D eigenvalue weighted by molar-refractivity contribution is 5.81. The SMILES string of the molecule is CCCCC(CC)C(CCCC)OC(=O)C1CCCCC1C(=O)O. The number of carbonyl (C=O) groups is 2. The molecule has 0 amide bonds. The molecule has 4 heteroatoms. The zero-order valence-corrected chi connectivity index (χ0v) is 15.8. The Hall–Kier alpha value is -1.06. The highest BCUT2D eigenvalue weighted by Crippen LogP contribution is 2.33. The van der Waals surface area contributed by atoms with Gasteiger partial charge >= 0.3 is 11.9 Å². The smallest absolute Gasteiger partial charge is 0.310 e. The fourth-order valence-corrected chi connectivity index (χ4v) is 3.86. The van der Waals surface area contributed by atoms with E-state index in [1.54, 1.807) is 0 Å². The van der Waals surface area contributed by atoms with E-state index in [1.165, 1.54) is 0 Å². The Morgan fingerprint density at radius 1 is 1.00 bits per heavy atom. The van der Waals surface area contributed by atoms with Crippen molar-refractivity contribution in [2.45, 2.75) is 97.5 Å². The molecule has 0 heterocycles. The van der Waals surface area contributed by atoms with E-state index in [0.717, 1.165) is 57.8 Å². The molecule has 1 aliphatic carbocycles. The largest absolute Gasteiger partial charge is 0.481 e. The molecule has 1 fully saturated rings. The van der Waals surface area contributed by atoms with Crippen molar-refractivity contribution in [3.05, 3.63) is 0 Å². The Morgan fingerprint density at radius 3 is 2.12 bits per heavy atom. The van der Waals surface area contributed by atoms with E-state index in [4.69, 9.17) is 4.74 Å². The summed E-state index contributed by atoms with van der Waals surface area (Å²) < 4.78 is 5.92. The number of ether oxygens (including phenoxy) is 1. The lowest BCUT2D eigenvalue weighted by Crippen LogP contribution is -2.37. The average molecular weight is 341 g/mol. The van der Waals surface area contributed by atoms with Crippen LogP contribution in [0, 0.1) is 17.8 Å². The van der Waals surface area contributed by atoms with E-state index < -0.39 is 17.8 Å². The second-order valence-electron chi connectivity index (χ2n) is 7.26. The van der Waals surface area contributed by atoms with Crippen LogP contribution in [-0.2, 0) is 14.3 Å². The number of unbranched alkanes of at least 4 members (excludes halogenated alkanes) is 2. The topological polar surface area (TPSA) is 63.6 Å². The van der Waals surface area contributed by atoms with Crippen molar-refractivity contribution in [1.29, 1.82) is 0 Å². The van der Waals surface area contributed by atoms with E-state index >= 15 is 0 Å². The molecule has 24 heavy (non-hydrogen) atoms. The first-order valence-electron chi connectivity index (χ1n) is 9.98. The predicted octanol–water partition coefficient (Wildman–Crippen LogP) is 5.20. The Labute approximate surface area is 147 Å². The van der Waals surface area contributed by atoms with Crippen LogP contribution in [0.15, 0.2) is 0 Å². The van der Waals surface area contributed by atoms with Crippen molar-refractivity contribution >= 4 is 11.9 Å². The zero-order chi connectivity index (χ0) is 17.9. The third kappa shape index (κ3) is 6.45. The van der Waals surface area contributed by atoms with Gasteiger partial charge in [-0.1, -0.05) is 59.3 Å². The first kappa shape index (κ1) is 21.0. The summed E-state index contributed by atoms with van der Waals surface area (Å²) in [6.07, 6.45) is 10.5. The summed E-state index contributed by atoms with van der Waals surface area (Å²) in [6, 6.07) is 0. The van der Waals surface area contributed by atoms with Gasteiger partial charge in [0.05, 0.1) is 11.8 Å². The van der Waals surface area contributed by atoms with Crippen LogP contribution in [0.3, 0.4) is 0 Å². The second-order valence-corrected chi connectivity index (χ2v) is 7.26. The summed E-state index contributed by atoms with van der Waals surface area (Å²) >= 11 is 0. The molecule has 1 aliphatic rings. The standard InChI is InChI=1S/C20H36O4/c1-4-7-11-15(6-3)18(14-8-5-2)24-20(23)17-13-10-9-12-16(17)19(21)22/h15-18H,4-14H2,1-3H3,(H,21,22). The molecule has 0 saturated heterocycles. The van der Waals surface area contributed by atoms with Crippen molar-refractivity contribution in [1.82, 2.24) is 0 Å². The molecular formula is C20H36O4. The van der Waals surface area contributed by atoms with Gasteiger partial charge in [0.1, 0.15) is 6.10 Å². The van der Waals surface area contributed by atoms with E-state index in [0.29, 0.717) is 18.8 Å². The van der Waals surface area contributed by atoms with Gasteiger partial charge in [0, 0.05) is 0 Å². The van der Waals surface area contributed by atoms with Crippen LogP contribution in [-0.4, -0.2) is 23.1 Å². The molecule has 1 N–H and O–H groups in total. The second kappa shape index (κ2) is 11.5. The molecule has 0 aliphatic heterocycles. The molecule has 4 atom stereocenters. The van der Waals surface area contributed by atoms with Gasteiger partial charge in [-0.05, 0) is 38.0 Å². The lowest BCUT2D eigenvalue weighted by molar-refractivity contribution is -0.166. The summed E-state index contributed by atoms with van der Waals surface area (Å²) in [5, 5.41) is 9.40.